The van der Waals surface area contributed by atoms with Crippen LogP contribution < -0.4 is 15.4 Å². The number of aromatic amines is 2. The summed E-state index contributed by atoms with van der Waals surface area (Å²) in [4.78, 5) is 29.3. The monoisotopic (exact) mass is 503 g/mol. The fraction of sp³-hybridized carbons (Fsp3) is 0.296. The van der Waals surface area contributed by atoms with Crippen LogP contribution in [0.1, 0.15) is 17.8 Å². The van der Waals surface area contributed by atoms with Gasteiger partial charge in [-0.05, 0) is 47.9 Å². The standard InChI is InChI=1S/C27H30FN7O2/c1-37-25-3-2-19(28)14-22(25)21-5-9-31-26-23(21)15-24(34-26)18-6-12-35(13-7-18)27(36)32-11-10-29-8-4-20-16-30-17-33-20/h2-3,5-6,9,14-17,29H,4,7-8,10-13H2,1H3,(H,30,33)(H,31,34)(H,32,36). The summed E-state index contributed by atoms with van der Waals surface area (Å²) in [6.07, 6.45) is 8.85. The topological polar surface area (TPSA) is 111 Å². The van der Waals surface area contributed by atoms with Crippen molar-refractivity contribution in [1.29, 1.82) is 0 Å². The van der Waals surface area contributed by atoms with Crippen LogP contribution in [0.2, 0.25) is 0 Å². The van der Waals surface area contributed by atoms with Gasteiger partial charge in [-0.25, -0.2) is 19.2 Å². The number of hydrogen-bond acceptors (Lipinski definition) is 5. The van der Waals surface area contributed by atoms with Gasteiger partial charge in [0.1, 0.15) is 17.2 Å². The van der Waals surface area contributed by atoms with Crippen LogP contribution in [0.15, 0.2) is 55.1 Å². The highest BCUT2D eigenvalue weighted by atomic mass is 19.1. The molecule has 2 amide bonds. The Labute approximate surface area is 214 Å². The van der Waals surface area contributed by atoms with Gasteiger partial charge < -0.3 is 30.2 Å². The molecular formula is C27H30FN7O2. The van der Waals surface area contributed by atoms with Gasteiger partial charge in [-0.2, -0.15) is 0 Å². The normalized spacial score (nSPS) is 13.6. The van der Waals surface area contributed by atoms with Crippen LogP contribution >= 0.6 is 0 Å². The average Bonchev–Trinajstić information content (AvgIpc) is 3.60. The molecule has 0 aliphatic carbocycles. The second-order valence-corrected chi connectivity index (χ2v) is 8.88. The van der Waals surface area contributed by atoms with Crippen molar-refractivity contribution in [2.24, 2.45) is 0 Å². The minimum absolute atomic E-state index is 0.0653. The molecule has 1 aliphatic heterocycles. The van der Waals surface area contributed by atoms with Gasteiger partial charge in [0.15, 0.2) is 0 Å². The van der Waals surface area contributed by atoms with Crippen LogP contribution in [0.3, 0.4) is 0 Å². The number of methoxy groups -OCH3 is 1. The van der Waals surface area contributed by atoms with Gasteiger partial charge in [-0.1, -0.05) is 6.08 Å². The van der Waals surface area contributed by atoms with Gasteiger partial charge in [-0.15, -0.1) is 0 Å². The van der Waals surface area contributed by atoms with Gasteiger partial charge in [0, 0.05) is 73.9 Å². The van der Waals surface area contributed by atoms with Crippen LogP contribution in [0.4, 0.5) is 9.18 Å². The SMILES string of the molecule is COc1ccc(F)cc1-c1ccnc2[nH]c(C3=CCN(C(=O)NCCNCCc4cnc[nH]4)CC3)cc12. The summed E-state index contributed by atoms with van der Waals surface area (Å²) in [5, 5.41) is 7.19. The first-order valence-corrected chi connectivity index (χ1v) is 12.3. The number of benzene rings is 1. The van der Waals surface area contributed by atoms with E-state index < -0.39 is 0 Å². The Morgan fingerprint density at radius 3 is 2.89 bits per heavy atom. The quantitative estimate of drug-likeness (QED) is 0.260. The van der Waals surface area contributed by atoms with E-state index in [0.29, 0.717) is 37.5 Å². The summed E-state index contributed by atoms with van der Waals surface area (Å²) in [7, 11) is 1.58. The van der Waals surface area contributed by atoms with E-state index in [-0.39, 0.29) is 11.8 Å². The van der Waals surface area contributed by atoms with E-state index >= 15 is 0 Å². The predicted octanol–water partition coefficient (Wildman–Crippen LogP) is 3.73. The molecule has 37 heavy (non-hydrogen) atoms. The van der Waals surface area contributed by atoms with Gasteiger partial charge in [-0.3, -0.25) is 0 Å². The Kier molecular flexibility index (Phi) is 7.46. The summed E-state index contributed by atoms with van der Waals surface area (Å²) in [5.41, 5.74) is 5.41. The number of ether oxygens (including phenoxy) is 1. The molecule has 1 aromatic carbocycles. The first kappa shape index (κ1) is 24.5. The summed E-state index contributed by atoms with van der Waals surface area (Å²) in [6, 6.07) is 8.33. The van der Waals surface area contributed by atoms with E-state index in [1.807, 2.05) is 18.3 Å². The number of nitrogens with zero attached hydrogens (tertiary/aromatic N) is 3. The van der Waals surface area contributed by atoms with Crippen LogP contribution in [-0.2, 0) is 6.42 Å². The smallest absolute Gasteiger partial charge is 0.317 e. The zero-order valence-corrected chi connectivity index (χ0v) is 20.7. The average molecular weight is 504 g/mol. The van der Waals surface area contributed by atoms with Gasteiger partial charge in [0.25, 0.3) is 0 Å². The fourth-order valence-corrected chi connectivity index (χ4v) is 4.56. The third kappa shape index (κ3) is 5.64. The van der Waals surface area contributed by atoms with Crippen molar-refractivity contribution in [3.05, 3.63) is 72.3 Å². The van der Waals surface area contributed by atoms with E-state index in [2.05, 4.69) is 36.6 Å². The minimum atomic E-state index is -0.324. The number of halogens is 1. The molecule has 0 radical (unpaired) electrons. The van der Waals surface area contributed by atoms with E-state index in [4.69, 9.17) is 4.74 Å². The van der Waals surface area contributed by atoms with Gasteiger partial charge in [0.2, 0.25) is 0 Å². The Bertz CT molecular complexity index is 1400. The predicted molar refractivity (Wildman–Crippen MR) is 141 cm³/mol. The van der Waals surface area contributed by atoms with E-state index in [9.17, 15) is 9.18 Å². The molecule has 3 aromatic heterocycles. The van der Waals surface area contributed by atoms with Crippen molar-refractivity contribution in [3.8, 4) is 16.9 Å². The molecule has 0 saturated carbocycles. The maximum atomic E-state index is 14.0. The highest BCUT2D eigenvalue weighted by Crippen LogP contribution is 2.36. The Morgan fingerprint density at radius 1 is 1.19 bits per heavy atom. The van der Waals surface area contributed by atoms with Gasteiger partial charge >= 0.3 is 6.03 Å². The molecule has 5 rings (SSSR count). The first-order chi connectivity index (χ1) is 18.1. The van der Waals surface area contributed by atoms with E-state index in [1.54, 1.807) is 30.6 Å². The van der Waals surface area contributed by atoms with Crippen LogP contribution in [-0.4, -0.2) is 70.7 Å². The number of amides is 2. The molecule has 10 heteroatoms. The maximum absolute atomic E-state index is 14.0. The molecule has 0 bridgehead atoms. The lowest BCUT2D eigenvalue weighted by Gasteiger charge is -2.26. The molecule has 0 fully saturated rings. The molecule has 4 heterocycles. The van der Waals surface area contributed by atoms with Crippen LogP contribution in [0.25, 0.3) is 27.7 Å². The molecule has 192 valence electrons. The van der Waals surface area contributed by atoms with Gasteiger partial charge in [0.05, 0.1) is 13.4 Å². The Balaban J connectivity index is 1.19. The third-order valence-corrected chi connectivity index (χ3v) is 6.53. The lowest BCUT2D eigenvalue weighted by atomic mass is 10.0. The number of hydrogen-bond donors (Lipinski definition) is 4. The Hall–Kier alpha value is -4.18. The highest BCUT2D eigenvalue weighted by molar-refractivity contribution is 5.96. The number of aromatic nitrogens is 4. The van der Waals surface area contributed by atoms with Crippen molar-refractivity contribution in [2.75, 3.05) is 39.8 Å². The van der Waals surface area contributed by atoms with E-state index in [0.717, 1.165) is 52.9 Å². The number of urea groups is 1. The van der Waals surface area contributed by atoms with Crippen LogP contribution in [0, 0.1) is 5.82 Å². The summed E-state index contributed by atoms with van der Waals surface area (Å²) >= 11 is 0. The van der Waals surface area contributed by atoms with Crippen molar-refractivity contribution in [2.45, 2.75) is 12.8 Å². The number of H-pyrrole nitrogens is 2. The number of nitrogens with one attached hydrogen (secondary N) is 4. The number of pyridine rings is 1. The molecule has 4 aromatic rings. The molecule has 4 N–H and O–H groups in total. The zero-order valence-electron chi connectivity index (χ0n) is 20.7. The lowest BCUT2D eigenvalue weighted by molar-refractivity contribution is 0.203. The number of fused-ring (bicyclic) bond motifs is 1. The second kappa shape index (κ2) is 11.3. The lowest BCUT2D eigenvalue weighted by Crippen LogP contribution is -2.44. The molecule has 0 spiro atoms. The van der Waals surface area contributed by atoms with Crippen molar-refractivity contribution < 1.29 is 13.9 Å². The van der Waals surface area contributed by atoms with Crippen molar-refractivity contribution in [3.63, 3.8) is 0 Å². The molecule has 9 nitrogen and oxygen atoms in total. The number of carbonyl (C=O) groups excluding carboxylic acids is 1. The number of rotatable bonds is 9. The number of carbonyl (C=O) groups is 1. The molecule has 0 saturated heterocycles. The van der Waals surface area contributed by atoms with E-state index in [1.165, 1.54) is 12.1 Å². The highest BCUT2D eigenvalue weighted by Gasteiger charge is 2.20. The third-order valence-electron chi connectivity index (χ3n) is 6.53. The molecule has 0 unspecified atom stereocenters. The Morgan fingerprint density at radius 2 is 2.11 bits per heavy atom. The zero-order chi connectivity index (χ0) is 25.6. The first-order valence-electron chi connectivity index (χ1n) is 12.3. The summed E-state index contributed by atoms with van der Waals surface area (Å²) in [5.74, 6) is 0.276. The number of imidazole rings is 1. The fourth-order valence-electron chi connectivity index (χ4n) is 4.56. The van der Waals surface area contributed by atoms with Crippen molar-refractivity contribution >= 4 is 22.6 Å². The molecule has 1 aliphatic rings. The van der Waals surface area contributed by atoms with Crippen molar-refractivity contribution in [1.82, 2.24) is 35.5 Å². The minimum Gasteiger partial charge on any atom is -0.496 e. The summed E-state index contributed by atoms with van der Waals surface area (Å²) < 4.78 is 19.5. The molecular weight excluding hydrogens is 473 g/mol. The maximum Gasteiger partial charge on any atom is 0.317 e. The molecule has 0 atom stereocenters. The van der Waals surface area contributed by atoms with Crippen LogP contribution in [0.5, 0.6) is 5.75 Å². The largest absolute Gasteiger partial charge is 0.496 e. The second-order valence-electron chi connectivity index (χ2n) is 8.88. The summed E-state index contributed by atoms with van der Waals surface area (Å²) in [6.45, 7) is 3.24.